The lowest BCUT2D eigenvalue weighted by atomic mass is 10.1. The average molecular weight is 284 g/mol. The Kier molecular flexibility index (Phi) is 5.18. The number of aliphatic hydroxyl groups is 2. The van der Waals surface area contributed by atoms with Crippen LogP contribution in [0.15, 0.2) is 29.2 Å². The molecular formula is C10H11F3O2S2. The maximum absolute atomic E-state index is 12.0. The van der Waals surface area contributed by atoms with Gasteiger partial charge in [-0.15, -0.1) is 0 Å². The molecule has 1 aromatic carbocycles. The first-order chi connectivity index (χ1) is 7.83. The van der Waals surface area contributed by atoms with Crippen LogP contribution in [0.25, 0.3) is 0 Å². The van der Waals surface area contributed by atoms with Gasteiger partial charge in [-0.1, -0.05) is 12.1 Å². The molecule has 7 heteroatoms. The van der Waals surface area contributed by atoms with Gasteiger partial charge in [-0.3, -0.25) is 0 Å². The van der Waals surface area contributed by atoms with Crippen molar-refractivity contribution in [3.05, 3.63) is 29.8 Å². The van der Waals surface area contributed by atoms with E-state index in [0.717, 1.165) is 0 Å². The topological polar surface area (TPSA) is 40.5 Å². The van der Waals surface area contributed by atoms with Crippen LogP contribution in [0.1, 0.15) is 11.7 Å². The molecule has 2 N–H and O–H groups in total. The van der Waals surface area contributed by atoms with Crippen LogP contribution in [0.5, 0.6) is 0 Å². The standard InChI is InChI=1S/C10H11F3O2S2/c11-10(12,13)17-7-3-1-6(2-4-7)9(15)8(14)5-16/h1-4,8-9,14-16H,5H2. The van der Waals surface area contributed by atoms with E-state index in [4.69, 9.17) is 0 Å². The van der Waals surface area contributed by atoms with E-state index in [9.17, 15) is 23.4 Å². The van der Waals surface area contributed by atoms with Crippen molar-refractivity contribution in [2.75, 3.05) is 5.75 Å². The van der Waals surface area contributed by atoms with E-state index in [2.05, 4.69) is 12.6 Å². The average Bonchev–Trinajstić information content (AvgIpc) is 2.26. The van der Waals surface area contributed by atoms with E-state index < -0.39 is 17.7 Å². The highest BCUT2D eigenvalue weighted by Gasteiger charge is 2.29. The second-order valence-electron chi connectivity index (χ2n) is 3.31. The van der Waals surface area contributed by atoms with Crippen LogP contribution in [0.4, 0.5) is 13.2 Å². The zero-order chi connectivity index (χ0) is 13.1. The molecule has 2 nitrogen and oxygen atoms in total. The second-order valence-corrected chi connectivity index (χ2v) is 4.82. The lowest BCUT2D eigenvalue weighted by Gasteiger charge is -2.16. The van der Waals surface area contributed by atoms with Crippen molar-refractivity contribution in [2.24, 2.45) is 0 Å². The van der Waals surface area contributed by atoms with Crippen LogP contribution in [0.2, 0.25) is 0 Å². The maximum atomic E-state index is 12.0. The summed E-state index contributed by atoms with van der Waals surface area (Å²) in [6.45, 7) is 0. The highest BCUT2D eigenvalue weighted by molar-refractivity contribution is 8.00. The molecule has 17 heavy (non-hydrogen) atoms. The van der Waals surface area contributed by atoms with E-state index in [0.29, 0.717) is 5.56 Å². The normalized spacial score (nSPS) is 15.6. The molecule has 0 saturated heterocycles. The number of benzene rings is 1. The summed E-state index contributed by atoms with van der Waals surface area (Å²) in [5.74, 6) is 0.0697. The highest BCUT2D eigenvalue weighted by atomic mass is 32.2. The first kappa shape index (κ1) is 14.7. The number of aliphatic hydroxyl groups excluding tert-OH is 2. The minimum Gasteiger partial charge on any atom is -0.389 e. The third kappa shape index (κ3) is 4.79. The van der Waals surface area contributed by atoms with Gasteiger partial charge < -0.3 is 10.2 Å². The summed E-state index contributed by atoms with van der Waals surface area (Å²) in [7, 11) is 0. The summed E-state index contributed by atoms with van der Waals surface area (Å²) < 4.78 is 36.1. The summed E-state index contributed by atoms with van der Waals surface area (Å²) in [5.41, 5.74) is -3.97. The van der Waals surface area contributed by atoms with Gasteiger partial charge in [0.1, 0.15) is 6.10 Å². The van der Waals surface area contributed by atoms with Crippen molar-refractivity contribution in [3.8, 4) is 0 Å². The van der Waals surface area contributed by atoms with Gasteiger partial charge in [0.2, 0.25) is 0 Å². The van der Waals surface area contributed by atoms with Gasteiger partial charge in [-0.2, -0.15) is 25.8 Å². The fraction of sp³-hybridized carbons (Fsp3) is 0.400. The maximum Gasteiger partial charge on any atom is 0.446 e. The Bertz CT molecular complexity index is 354. The zero-order valence-electron chi connectivity index (χ0n) is 8.55. The van der Waals surface area contributed by atoms with Crippen LogP contribution in [-0.4, -0.2) is 27.6 Å². The quantitative estimate of drug-likeness (QED) is 0.588. The van der Waals surface area contributed by atoms with E-state index in [1.54, 1.807) is 0 Å². The summed E-state index contributed by atoms with van der Waals surface area (Å²) >= 11 is 3.59. The predicted molar refractivity (Wildman–Crippen MR) is 63.2 cm³/mol. The Morgan fingerprint density at radius 2 is 1.71 bits per heavy atom. The van der Waals surface area contributed by atoms with Gasteiger partial charge in [0.25, 0.3) is 0 Å². The van der Waals surface area contributed by atoms with E-state index in [1.165, 1.54) is 24.3 Å². The third-order valence-corrected chi connectivity index (χ3v) is 3.12. The van der Waals surface area contributed by atoms with Crippen molar-refractivity contribution >= 4 is 24.4 Å². The SMILES string of the molecule is OC(CS)C(O)c1ccc(SC(F)(F)F)cc1. The van der Waals surface area contributed by atoms with Gasteiger partial charge in [-0.25, -0.2) is 0 Å². The molecule has 0 bridgehead atoms. The molecular weight excluding hydrogens is 273 g/mol. The molecule has 0 amide bonds. The predicted octanol–water partition coefficient (Wildman–Crippen LogP) is 2.62. The van der Waals surface area contributed by atoms with Crippen molar-refractivity contribution in [1.82, 2.24) is 0 Å². The second kappa shape index (κ2) is 5.99. The Labute approximate surface area is 106 Å². The molecule has 0 heterocycles. The number of thiol groups is 1. The molecule has 2 atom stereocenters. The van der Waals surface area contributed by atoms with E-state index in [-0.39, 0.29) is 22.4 Å². The molecule has 0 fully saturated rings. The Balaban J connectivity index is 2.74. The van der Waals surface area contributed by atoms with Crippen LogP contribution in [0, 0.1) is 0 Å². The molecule has 0 spiro atoms. The third-order valence-electron chi connectivity index (χ3n) is 2.01. The minimum absolute atomic E-state index is 0.0359. The Hall–Kier alpha value is -0.370. The van der Waals surface area contributed by atoms with Gasteiger partial charge in [0.05, 0.1) is 6.10 Å². The number of rotatable bonds is 4. The van der Waals surface area contributed by atoms with Gasteiger partial charge in [-0.05, 0) is 29.5 Å². The smallest absolute Gasteiger partial charge is 0.389 e. The largest absolute Gasteiger partial charge is 0.446 e. The number of alkyl halides is 3. The Morgan fingerprint density at radius 3 is 2.12 bits per heavy atom. The van der Waals surface area contributed by atoms with Crippen LogP contribution in [-0.2, 0) is 0 Å². The first-order valence-electron chi connectivity index (χ1n) is 4.66. The Morgan fingerprint density at radius 1 is 1.18 bits per heavy atom. The van der Waals surface area contributed by atoms with E-state index in [1.807, 2.05) is 0 Å². The van der Waals surface area contributed by atoms with Gasteiger partial charge >= 0.3 is 5.51 Å². The lowest BCUT2D eigenvalue weighted by Crippen LogP contribution is -2.19. The van der Waals surface area contributed by atoms with Crippen LogP contribution >= 0.6 is 24.4 Å². The number of halogens is 3. The molecule has 0 radical (unpaired) electrons. The molecule has 0 aliphatic rings. The van der Waals surface area contributed by atoms with Crippen LogP contribution in [0.3, 0.4) is 0 Å². The van der Waals surface area contributed by atoms with Crippen molar-refractivity contribution < 1.29 is 23.4 Å². The number of hydrogen-bond acceptors (Lipinski definition) is 4. The van der Waals surface area contributed by atoms with Crippen LogP contribution < -0.4 is 0 Å². The zero-order valence-corrected chi connectivity index (χ0v) is 10.3. The highest BCUT2D eigenvalue weighted by Crippen LogP contribution is 2.37. The lowest BCUT2D eigenvalue weighted by molar-refractivity contribution is -0.0328. The first-order valence-corrected chi connectivity index (χ1v) is 6.11. The molecule has 0 aliphatic carbocycles. The molecule has 0 aliphatic heterocycles. The molecule has 0 saturated carbocycles. The summed E-state index contributed by atoms with van der Waals surface area (Å²) in [6, 6.07) is 5.21. The number of hydrogen-bond donors (Lipinski definition) is 3. The fourth-order valence-corrected chi connectivity index (χ4v) is 1.93. The van der Waals surface area contributed by atoms with Crippen molar-refractivity contribution in [2.45, 2.75) is 22.6 Å². The number of thioether (sulfide) groups is 1. The van der Waals surface area contributed by atoms with Gasteiger partial charge in [0, 0.05) is 10.6 Å². The molecule has 0 aromatic heterocycles. The van der Waals surface area contributed by atoms with Crippen molar-refractivity contribution in [3.63, 3.8) is 0 Å². The van der Waals surface area contributed by atoms with Gasteiger partial charge in [0.15, 0.2) is 0 Å². The molecule has 1 aromatic rings. The minimum atomic E-state index is -4.33. The summed E-state index contributed by atoms with van der Waals surface area (Å²) in [4.78, 5) is 0.0359. The summed E-state index contributed by atoms with van der Waals surface area (Å²) in [6.07, 6.45) is -2.18. The molecule has 1 rings (SSSR count). The van der Waals surface area contributed by atoms with Crippen molar-refractivity contribution in [1.29, 1.82) is 0 Å². The monoisotopic (exact) mass is 284 g/mol. The summed E-state index contributed by atoms with van der Waals surface area (Å²) in [5, 5.41) is 18.9. The fourth-order valence-electron chi connectivity index (χ4n) is 1.19. The molecule has 96 valence electrons. The molecule has 2 unspecified atom stereocenters. The van der Waals surface area contributed by atoms with E-state index >= 15 is 0 Å².